The van der Waals surface area contributed by atoms with Gasteiger partial charge in [0.25, 0.3) is 0 Å². The summed E-state index contributed by atoms with van der Waals surface area (Å²) in [5.41, 5.74) is 0.900. The van der Waals surface area contributed by atoms with Gasteiger partial charge in [0, 0.05) is 6.04 Å². The lowest BCUT2D eigenvalue weighted by molar-refractivity contribution is 0.177. The van der Waals surface area contributed by atoms with Crippen molar-refractivity contribution < 1.29 is 13.5 Å². The number of hydrogen-bond donors (Lipinski definition) is 2. The molecule has 20 heavy (non-hydrogen) atoms. The quantitative estimate of drug-likeness (QED) is 0.890. The van der Waals surface area contributed by atoms with Crippen molar-refractivity contribution in [3.05, 3.63) is 29.8 Å². The van der Waals surface area contributed by atoms with Crippen LogP contribution in [0.2, 0.25) is 0 Å². The summed E-state index contributed by atoms with van der Waals surface area (Å²) in [5, 5.41) is 13.1. The first-order valence-electron chi connectivity index (χ1n) is 7.29. The predicted molar refractivity (Wildman–Crippen MR) is 77.2 cm³/mol. The van der Waals surface area contributed by atoms with Crippen LogP contribution in [0.4, 0.5) is 0 Å². The van der Waals surface area contributed by atoms with E-state index in [1.807, 2.05) is 12.1 Å². The van der Waals surface area contributed by atoms with Gasteiger partial charge in [0.05, 0.1) is 16.8 Å². The number of aliphatic hydroxyl groups is 1. The van der Waals surface area contributed by atoms with Crippen molar-refractivity contribution in [2.24, 2.45) is 5.92 Å². The summed E-state index contributed by atoms with van der Waals surface area (Å²) in [5.74, 6) is 0.727. The van der Waals surface area contributed by atoms with Gasteiger partial charge in [0.1, 0.15) is 0 Å². The number of rotatable bonds is 3. The molecule has 3 rings (SSSR count). The molecule has 1 aliphatic carbocycles. The van der Waals surface area contributed by atoms with Gasteiger partial charge < -0.3 is 10.4 Å². The molecule has 0 amide bonds. The summed E-state index contributed by atoms with van der Waals surface area (Å²) in [6, 6.07) is 7.41. The summed E-state index contributed by atoms with van der Waals surface area (Å²) in [4.78, 5) is 0.482. The molecule has 2 N–H and O–H groups in total. The lowest BCUT2D eigenvalue weighted by Gasteiger charge is -2.27. The van der Waals surface area contributed by atoms with Crippen LogP contribution in [0, 0.1) is 5.92 Å². The van der Waals surface area contributed by atoms with Gasteiger partial charge >= 0.3 is 0 Å². The zero-order valence-electron chi connectivity index (χ0n) is 11.5. The van der Waals surface area contributed by atoms with Crippen LogP contribution < -0.4 is 5.32 Å². The second kappa shape index (κ2) is 5.47. The molecule has 2 aliphatic rings. The summed E-state index contributed by atoms with van der Waals surface area (Å²) in [7, 11) is -3.10. The Morgan fingerprint density at radius 1 is 1.20 bits per heavy atom. The molecule has 0 radical (unpaired) electrons. The molecule has 1 heterocycles. The second-order valence-corrected chi connectivity index (χ2v) is 8.02. The molecule has 1 fully saturated rings. The monoisotopic (exact) mass is 295 g/mol. The maximum absolute atomic E-state index is 12.1. The van der Waals surface area contributed by atoms with E-state index in [1.54, 1.807) is 12.1 Å². The Kier molecular flexibility index (Phi) is 3.84. The van der Waals surface area contributed by atoms with Crippen molar-refractivity contribution in [1.29, 1.82) is 0 Å². The predicted octanol–water partition coefficient (Wildman–Crippen LogP) is 1.66. The number of sulfone groups is 1. The molecule has 1 aromatic rings. The summed E-state index contributed by atoms with van der Waals surface area (Å²) in [6.07, 6.45) is 3.29. The third-order valence-electron chi connectivity index (χ3n) is 4.47. The summed E-state index contributed by atoms with van der Waals surface area (Å²) < 4.78 is 24.1. The highest BCUT2D eigenvalue weighted by Gasteiger charge is 2.30. The highest BCUT2D eigenvalue weighted by molar-refractivity contribution is 7.91. The van der Waals surface area contributed by atoms with E-state index in [0.29, 0.717) is 17.2 Å². The Bertz CT molecular complexity index is 585. The molecule has 4 nitrogen and oxygen atoms in total. The van der Waals surface area contributed by atoms with E-state index >= 15 is 0 Å². The maximum atomic E-state index is 12.1. The van der Waals surface area contributed by atoms with Crippen LogP contribution in [0.1, 0.15) is 37.3 Å². The molecule has 0 aromatic heterocycles. The van der Waals surface area contributed by atoms with Crippen molar-refractivity contribution in [1.82, 2.24) is 5.32 Å². The SMILES string of the molecule is O=S1(=O)CCC(NCC2CCC(O)C2)c2ccccc21. The Hall–Kier alpha value is -0.910. The maximum Gasteiger partial charge on any atom is 0.178 e. The lowest BCUT2D eigenvalue weighted by Crippen LogP contribution is -2.32. The highest BCUT2D eigenvalue weighted by Crippen LogP contribution is 2.33. The molecule has 5 heteroatoms. The first-order valence-corrected chi connectivity index (χ1v) is 8.94. The molecule has 0 saturated heterocycles. The largest absolute Gasteiger partial charge is 0.393 e. The average molecular weight is 295 g/mol. The zero-order valence-corrected chi connectivity index (χ0v) is 12.3. The smallest absolute Gasteiger partial charge is 0.178 e. The minimum Gasteiger partial charge on any atom is -0.393 e. The third-order valence-corrected chi connectivity index (χ3v) is 6.29. The van der Waals surface area contributed by atoms with Gasteiger partial charge in [0.15, 0.2) is 9.84 Å². The first kappa shape index (κ1) is 14.0. The van der Waals surface area contributed by atoms with Crippen LogP contribution in [-0.2, 0) is 9.84 Å². The van der Waals surface area contributed by atoms with Crippen molar-refractivity contribution in [3.63, 3.8) is 0 Å². The average Bonchev–Trinajstić information content (AvgIpc) is 2.84. The fourth-order valence-electron chi connectivity index (χ4n) is 3.35. The molecule has 0 spiro atoms. The third kappa shape index (κ3) is 2.75. The van der Waals surface area contributed by atoms with Crippen molar-refractivity contribution in [3.8, 4) is 0 Å². The fourth-order valence-corrected chi connectivity index (χ4v) is 4.97. The number of fused-ring (bicyclic) bond motifs is 1. The molecular weight excluding hydrogens is 274 g/mol. The minimum absolute atomic E-state index is 0.118. The van der Waals surface area contributed by atoms with Gasteiger partial charge in [-0.2, -0.15) is 0 Å². The minimum atomic E-state index is -3.10. The zero-order chi connectivity index (χ0) is 14.2. The normalized spacial score (nSPS) is 31.9. The number of benzene rings is 1. The topological polar surface area (TPSA) is 66.4 Å². The van der Waals surface area contributed by atoms with Gasteiger partial charge in [-0.15, -0.1) is 0 Å². The number of aliphatic hydroxyl groups excluding tert-OH is 1. The Morgan fingerprint density at radius 3 is 2.75 bits per heavy atom. The Morgan fingerprint density at radius 2 is 2.00 bits per heavy atom. The molecule has 3 atom stereocenters. The summed E-state index contributed by atoms with van der Waals surface area (Å²) >= 11 is 0. The van der Waals surface area contributed by atoms with Crippen LogP contribution in [0.25, 0.3) is 0 Å². The Balaban J connectivity index is 1.72. The number of hydrogen-bond acceptors (Lipinski definition) is 4. The van der Waals surface area contributed by atoms with E-state index in [1.165, 1.54) is 0 Å². The van der Waals surface area contributed by atoms with Gasteiger partial charge in [0.2, 0.25) is 0 Å². The van der Waals surface area contributed by atoms with E-state index < -0.39 is 9.84 Å². The standard InChI is InChI=1S/C15H21NO3S/c17-12-6-5-11(9-12)10-16-14-7-8-20(18,19)15-4-2-1-3-13(14)15/h1-4,11-12,14,16-17H,5-10H2. The van der Waals surface area contributed by atoms with Gasteiger partial charge in [-0.05, 0) is 49.8 Å². The molecule has 1 aromatic carbocycles. The van der Waals surface area contributed by atoms with Crippen LogP contribution in [0.15, 0.2) is 29.2 Å². The lowest BCUT2D eigenvalue weighted by atomic mass is 10.0. The van der Waals surface area contributed by atoms with Crippen LogP contribution in [0.3, 0.4) is 0 Å². The molecule has 3 unspecified atom stereocenters. The summed E-state index contributed by atoms with van der Waals surface area (Å²) in [6.45, 7) is 0.857. The van der Waals surface area contributed by atoms with E-state index in [4.69, 9.17) is 0 Å². The van der Waals surface area contributed by atoms with E-state index in [0.717, 1.165) is 31.4 Å². The molecule has 1 aliphatic heterocycles. The number of nitrogens with one attached hydrogen (secondary N) is 1. The Labute approximate surface area is 120 Å². The van der Waals surface area contributed by atoms with Crippen LogP contribution >= 0.6 is 0 Å². The first-order chi connectivity index (χ1) is 9.56. The van der Waals surface area contributed by atoms with Crippen LogP contribution in [0.5, 0.6) is 0 Å². The molecule has 1 saturated carbocycles. The van der Waals surface area contributed by atoms with Crippen molar-refractivity contribution >= 4 is 9.84 Å². The van der Waals surface area contributed by atoms with Crippen LogP contribution in [-0.4, -0.2) is 31.9 Å². The van der Waals surface area contributed by atoms with Crippen molar-refractivity contribution in [2.75, 3.05) is 12.3 Å². The fraction of sp³-hybridized carbons (Fsp3) is 0.600. The van der Waals surface area contributed by atoms with Gasteiger partial charge in [-0.1, -0.05) is 18.2 Å². The van der Waals surface area contributed by atoms with E-state index in [9.17, 15) is 13.5 Å². The van der Waals surface area contributed by atoms with E-state index in [2.05, 4.69) is 5.32 Å². The molecule has 110 valence electrons. The molecular formula is C15H21NO3S. The van der Waals surface area contributed by atoms with Gasteiger partial charge in [-0.25, -0.2) is 8.42 Å². The van der Waals surface area contributed by atoms with Gasteiger partial charge in [-0.3, -0.25) is 0 Å². The van der Waals surface area contributed by atoms with E-state index in [-0.39, 0.29) is 17.9 Å². The highest BCUT2D eigenvalue weighted by atomic mass is 32.2. The van der Waals surface area contributed by atoms with Crippen molar-refractivity contribution in [2.45, 2.75) is 42.7 Å². The second-order valence-electron chi connectivity index (χ2n) is 5.94. The molecule has 0 bridgehead atoms.